The van der Waals surface area contributed by atoms with Gasteiger partial charge in [0.15, 0.2) is 17.5 Å². The Kier molecular flexibility index (Phi) is 7.20. The van der Waals surface area contributed by atoms with Crippen LogP contribution in [0.15, 0.2) is 35.3 Å². The largest absolute Gasteiger partial charge is 0.490 e. The van der Waals surface area contributed by atoms with Gasteiger partial charge in [-0.15, -0.1) is 11.3 Å². The molecular weight excluding hydrogens is 386 g/mol. The van der Waals surface area contributed by atoms with E-state index in [0.29, 0.717) is 36.6 Å². The molecule has 0 spiro atoms. The number of aliphatic imine (C=N–C) groups is 1. The van der Waals surface area contributed by atoms with Crippen molar-refractivity contribution in [3.05, 3.63) is 45.1 Å². The van der Waals surface area contributed by atoms with Crippen LogP contribution in [0.5, 0.6) is 11.5 Å². The summed E-state index contributed by atoms with van der Waals surface area (Å²) in [6, 6.07) is 9.50. The van der Waals surface area contributed by atoms with Crippen molar-refractivity contribution in [2.45, 2.75) is 26.0 Å². The number of guanidine groups is 1. The van der Waals surface area contributed by atoms with Crippen molar-refractivity contribution in [1.29, 1.82) is 0 Å². The molecule has 3 N–H and O–H groups in total. The number of thiophene rings is 1. The number of hydrogen-bond donors (Lipinski definition) is 3. The van der Waals surface area contributed by atoms with Crippen molar-refractivity contribution < 1.29 is 14.6 Å². The normalized spacial score (nSPS) is 15.1. The smallest absolute Gasteiger partial charge is 0.191 e. The minimum Gasteiger partial charge on any atom is -0.490 e. The molecule has 2 aromatic rings. The molecule has 1 atom stereocenters. The summed E-state index contributed by atoms with van der Waals surface area (Å²) >= 11 is 7.30. The van der Waals surface area contributed by atoms with Crippen LogP contribution < -0.4 is 20.1 Å². The van der Waals surface area contributed by atoms with E-state index >= 15 is 0 Å². The Bertz CT molecular complexity index is 781. The average Bonchev–Trinajstić information content (AvgIpc) is 2.97. The van der Waals surface area contributed by atoms with Gasteiger partial charge in [-0.1, -0.05) is 17.7 Å². The summed E-state index contributed by atoms with van der Waals surface area (Å²) in [4.78, 5) is 5.42. The maximum atomic E-state index is 10.3. The third-order valence-corrected chi connectivity index (χ3v) is 5.29. The summed E-state index contributed by atoms with van der Waals surface area (Å²) in [5.74, 6) is 2.19. The quantitative estimate of drug-likeness (QED) is 0.504. The minimum atomic E-state index is -0.635. The molecule has 8 heteroatoms. The number of aliphatic hydroxyl groups excluding tert-OH is 1. The van der Waals surface area contributed by atoms with Gasteiger partial charge in [0.2, 0.25) is 0 Å². The number of hydrogen-bond acceptors (Lipinski definition) is 5. The molecule has 6 nitrogen and oxygen atoms in total. The Morgan fingerprint density at radius 3 is 2.78 bits per heavy atom. The fourth-order valence-corrected chi connectivity index (χ4v) is 3.67. The Morgan fingerprint density at radius 2 is 2.04 bits per heavy atom. The molecular formula is C19H24ClN3O3S. The van der Waals surface area contributed by atoms with Gasteiger partial charge >= 0.3 is 0 Å². The number of rotatable bonds is 6. The molecule has 27 heavy (non-hydrogen) atoms. The van der Waals surface area contributed by atoms with Crippen LogP contribution in [0.1, 0.15) is 29.9 Å². The molecule has 0 radical (unpaired) electrons. The highest BCUT2D eigenvalue weighted by Crippen LogP contribution is 2.30. The van der Waals surface area contributed by atoms with Gasteiger partial charge in [0, 0.05) is 24.4 Å². The van der Waals surface area contributed by atoms with E-state index in [4.69, 9.17) is 21.1 Å². The van der Waals surface area contributed by atoms with Crippen LogP contribution in [0.4, 0.5) is 0 Å². The van der Waals surface area contributed by atoms with E-state index in [0.717, 1.165) is 34.9 Å². The monoisotopic (exact) mass is 409 g/mol. The second-order valence-electron chi connectivity index (χ2n) is 6.07. The zero-order chi connectivity index (χ0) is 19.1. The number of halogens is 1. The summed E-state index contributed by atoms with van der Waals surface area (Å²) in [6.45, 7) is 4.91. The first-order valence-electron chi connectivity index (χ1n) is 8.99. The minimum absolute atomic E-state index is 0.351. The number of benzene rings is 1. The van der Waals surface area contributed by atoms with Crippen LogP contribution in [0.25, 0.3) is 0 Å². The van der Waals surface area contributed by atoms with Gasteiger partial charge in [-0.2, -0.15) is 0 Å². The lowest BCUT2D eigenvalue weighted by Gasteiger charge is -2.14. The summed E-state index contributed by atoms with van der Waals surface area (Å²) in [7, 11) is 0. The first-order chi connectivity index (χ1) is 13.2. The summed E-state index contributed by atoms with van der Waals surface area (Å²) in [6.07, 6.45) is 0.249. The molecule has 0 aliphatic carbocycles. The third-order valence-electron chi connectivity index (χ3n) is 3.96. The molecule has 0 fully saturated rings. The first kappa shape index (κ1) is 19.8. The summed E-state index contributed by atoms with van der Waals surface area (Å²) in [5.41, 5.74) is 1.03. The maximum Gasteiger partial charge on any atom is 0.191 e. The molecule has 3 rings (SSSR count). The highest BCUT2D eigenvalue weighted by molar-refractivity contribution is 7.16. The van der Waals surface area contributed by atoms with Gasteiger partial charge in [0.1, 0.15) is 6.10 Å². The standard InChI is InChI=1S/C19H24ClN3O3S/c1-2-21-19(23-12-14(24)17-6-7-18(20)27-17)22-11-13-4-5-15-16(10-13)26-9-3-8-25-15/h4-7,10,14,24H,2-3,8-9,11-12H2,1H3,(H2,21,22,23). The van der Waals surface area contributed by atoms with Crippen molar-refractivity contribution in [3.8, 4) is 11.5 Å². The van der Waals surface area contributed by atoms with E-state index in [1.54, 1.807) is 6.07 Å². The van der Waals surface area contributed by atoms with Crippen molar-refractivity contribution in [2.75, 3.05) is 26.3 Å². The van der Waals surface area contributed by atoms with E-state index in [9.17, 15) is 5.11 Å². The van der Waals surface area contributed by atoms with Crippen LogP contribution >= 0.6 is 22.9 Å². The first-order valence-corrected chi connectivity index (χ1v) is 10.2. The zero-order valence-electron chi connectivity index (χ0n) is 15.2. The second-order valence-corrected chi connectivity index (χ2v) is 7.81. The van der Waals surface area contributed by atoms with Gasteiger partial charge < -0.3 is 25.2 Å². The fraction of sp³-hybridized carbons (Fsp3) is 0.421. The van der Waals surface area contributed by atoms with Crippen molar-refractivity contribution >= 4 is 28.9 Å². The number of nitrogens with one attached hydrogen (secondary N) is 2. The molecule has 0 saturated carbocycles. The van der Waals surface area contributed by atoms with Crippen LogP contribution in [-0.4, -0.2) is 37.4 Å². The Balaban J connectivity index is 1.60. The SMILES string of the molecule is CCNC(=NCc1ccc2c(c1)OCCCO2)NCC(O)c1ccc(Cl)s1. The van der Waals surface area contributed by atoms with Gasteiger partial charge in [-0.05, 0) is 36.8 Å². The number of ether oxygens (including phenoxy) is 2. The third kappa shape index (κ3) is 5.76. The number of nitrogens with zero attached hydrogens (tertiary/aromatic N) is 1. The Morgan fingerprint density at radius 1 is 1.22 bits per heavy atom. The zero-order valence-corrected chi connectivity index (χ0v) is 16.8. The molecule has 1 aliphatic rings. The van der Waals surface area contributed by atoms with E-state index in [1.807, 2.05) is 31.2 Å². The van der Waals surface area contributed by atoms with Gasteiger partial charge in [-0.3, -0.25) is 0 Å². The van der Waals surface area contributed by atoms with Gasteiger partial charge in [0.25, 0.3) is 0 Å². The molecule has 1 aromatic heterocycles. The van der Waals surface area contributed by atoms with Gasteiger partial charge in [0.05, 0.1) is 24.1 Å². The lowest BCUT2D eigenvalue weighted by atomic mass is 10.2. The highest BCUT2D eigenvalue weighted by Gasteiger charge is 2.12. The summed E-state index contributed by atoms with van der Waals surface area (Å²) < 4.78 is 12.0. The molecule has 2 heterocycles. The van der Waals surface area contributed by atoms with Crippen LogP contribution in [0, 0.1) is 0 Å². The van der Waals surface area contributed by atoms with E-state index in [1.165, 1.54) is 11.3 Å². The predicted molar refractivity (Wildman–Crippen MR) is 109 cm³/mol. The van der Waals surface area contributed by atoms with Crippen molar-refractivity contribution in [2.24, 2.45) is 4.99 Å². The second kappa shape index (κ2) is 9.82. The van der Waals surface area contributed by atoms with E-state index in [-0.39, 0.29) is 0 Å². The Labute approximate surface area is 168 Å². The van der Waals surface area contributed by atoms with Crippen LogP contribution in [0.2, 0.25) is 4.34 Å². The highest BCUT2D eigenvalue weighted by atomic mass is 35.5. The molecule has 1 aromatic carbocycles. The fourth-order valence-electron chi connectivity index (χ4n) is 2.62. The Hall–Kier alpha value is -1.96. The molecule has 0 bridgehead atoms. The van der Waals surface area contributed by atoms with E-state index < -0.39 is 6.10 Å². The molecule has 1 aliphatic heterocycles. The topological polar surface area (TPSA) is 75.1 Å². The predicted octanol–water partition coefficient (Wildman–Crippen LogP) is 3.35. The molecule has 1 unspecified atom stereocenters. The van der Waals surface area contributed by atoms with Crippen LogP contribution in [-0.2, 0) is 6.54 Å². The summed E-state index contributed by atoms with van der Waals surface area (Å²) in [5, 5.41) is 16.6. The van der Waals surface area contributed by atoms with E-state index in [2.05, 4.69) is 15.6 Å². The number of fused-ring (bicyclic) bond motifs is 1. The molecule has 0 amide bonds. The lowest BCUT2D eigenvalue weighted by Crippen LogP contribution is -2.39. The average molecular weight is 410 g/mol. The van der Waals surface area contributed by atoms with Crippen LogP contribution in [0.3, 0.4) is 0 Å². The maximum absolute atomic E-state index is 10.3. The molecule has 146 valence electrons. The molecule has 0 saturated heterocycles. The van der Waals surface area contributed by atoms with Gasteiger partial charge in [-0.25, -0.2) is 4.99 Å². The van der Waals surface area contributed by atoms with Crippen molar-refractivity contribution in [3.63, 3.8) is 0 Å². The number of aliphatic hydroxyl groups is 1. The van der Waals surface area contributed by atoms with Crippen molar-refractivity contribution in [1.82, 2.24) is 10.6 Å². The lowest BCUT2D eigenvalue weighted by molar-refractivity contribution is 0.184.